The summed E-state index contributed by atoms with van der Waals surface area (Å²) in [5.41, 5.74) is 1.15. The zero-order valence-electron chi connectivity index (χ0n) is 17.3. The first kappa shape index (κ1) is 22.0. The molecule has 0 amide bonds. The summed E-state index contributed by atoms with van der Waals surface area (Å²) in [6.45, 7) is 1.63. The van der Waals surface area contributed by atoms with E-state index in [9.17, 15) is 0 Å². The number of nitrogens with zero attached hydrogens (tertiary/aromatic N) is 4. The molecule has 6 nitrogen and oxygen atoms in total. The average molecular weight is 435 g/mol. The highest BCUT2D eigenvalue weighted by Crippen LogP contribution is 2.33. The van der Waals surface area contributed by atoms with E-state index in [4.69, 9.17) is 11.6 Å². The summed E-state index contributed by atoms with van der Waals surface area (Å²) >= 11 is 7.91. The Labute approximate surface area is 182 Å². The van der Waals surface area contributed by atoms with Gasteiger partial charge in [-0.15, -0.1) is 10.2 Å². The molecule has 3 rings (SSSR count). The first-order chi connectivity index (χ1) is 14.2. The summed E-state index contributed by atoms with van der Waals surface area (Å²) < 4.78 is 2.38. The van der Waals surface area contributed by atoms with Crippen molar-refractivity contribution >= 4 is 29.3 Å². The second-order valence-corrected chi connectivity index (χ2v) is 8.46. The molecule has 2 aromatic rings. The van der Waals surface area contributed by atoms with Gasteiger partial charge in [-0.25, -0.2) is 0 Å². The van der Waals surface area contributed by atoms with Gasteiger partial charge in [-0.2, -0.15) is 0 Å². The third-order valence-corrected chi connectivity index (χ3v) is 6.36. The predicted molar refractivity (Wildman–Crippen MR) is 122 cm³/mol. The highest BCUT2D eigenvalue weighted by molar-refractivity contribution is 7.98. The van der Waals surface area contributed by atoms with E-state index in [2.05, 4.69) is 42.7 Å². The summed E-state index contributed by atoms with van der Waals surface area (Å²) in [6, 6.07) is 8.53. The molecule has 0 saturated heterocycles. The maximum atomic E-state index is 6.22. The molecule has 0 spiro atoms. The maximum absolute atomic E-state index is 6.22. The molecular weight excluding hydrogens is 404 g/mol. The average Bonchev–Trinajstić information content (AvgIpc) is 3.40. The highest BCUT2D eigenvalue weighted by Gasteiger charge is 2.23. The zero-order valence-corrected chi connectivity index (χ0v) is 18.9. The lowest BCUT2D eigenvalue weighted by Crippen LogP contribution is -2.38. The van der Waals surface area contributed by atoms with Crippen molar-refractivity contribution < 1.29 is 0 Å². The second-order valence-electron chi connectivity index (χ2n) is 7.28. The summed E-state index contributed by atoms with van der Waals surface area (Å²) in [6.07, 6.45) is 9.99. The lowest BCUT2D eigenvalue weighted by atomic mass is 10.1. The summed E-state index contributed by atoms with van der Waals surface area (Å²) in [5, 5.41) is 17.5. The number of halogens is 1. The van der Waals surface area contributed by atoms with E-state index in [0.29, 0.717) is 6.04 Å². The highest BCUT2D eigenvalue weighted by atomic mass is 35.5. The Bertz CT molecular complexity index is 800. The fourth-order valence-corrected chi connectivity index (χ4v) is 4.64. The molecule has 2 N–H and O–H groups in total. The van der Waals surface area contributed by atoms with Crippen molar-refractivity contribution in [3.8, 4) is 0 Å². The molecule has 1 aromatic carbocycles. The van der Waals surface area contributed by atoms with E-state index in [1.807, 2.05) is 18.2 Å². The van der Waals surface area contributed by atoms with Gasteiger partial charge >= 0.3 is 0 Å². The van der Waals surface area contributed by atoms with Gasteiger partial charge in [0.15, 0.2) is 11.1 Å². The number of hydrogen-bond acceptors (Lipinski definition) is 4. The van der Waals surface area contributed by atoms with Crippen molar-refractivity contribution in [2.45, 2.75) is 56.1 Å². The Kier molecular flexibility index (Phi) is 8.68. The third kappa shape index (κ3) is 6.12. The molecule has 1 heterocycles. The third-order valence-electron chi connectivity index (χ3n) is 5.35. The number of aryl methyl sites for hydroxylation is 1. The minimum Gasteiger partial charge on any atom is -0.356 e. The Balaban J connectivity index is 1.42. The van der Waals surface area contributed by atoms with Crippen LogP contribution >= 0.6 is 23.4 Å². The van der Waals surface area contributed by atoms with Crippen LogP contribution in [0.5, 0.6) is 0 Å². The van der Waals surface area contributed by atoms with Crippen LogP contribution in [0.1, 0.15) is 49.5 Å². The van der Waals surface area contributed by atoms with Gasteiger partial charge in [0, 0.05) is 37.6 Å². The van der Waals surface area contributed by atoms with E-state index < -0.39 is 0 Å². The lowest BCUT2D eigenvalue weighted by molar-refractivity contribution is 0.460. The van der Waals surface area contributed by atoms with Gasteiger partial charge in [0.05, 0.1) is 0 Å². The first-order valence-electron chi connectivity index (χ1n) is 10.4. The fraction of sp³-hybridized carbons (Fsp3) is 0.571. The predicted octanol–water partition coefficient (Wildman–Crippen LogP) is 4.11. The van der Waals surface area contributed by atoms with Crippen LogP contribution in [0.3, 0.4) is 0 Å². The lowest BCUT2D eigenvalue weighted by Gasteiger charge is -2.16. The quantitative estimate of drug-likeness (QED) is 0.269. The minimum atomic E-state index is 0.578. The molecule has 0 unspecified atom stereocenters. The molecule has 0 atom stereocenters. The van der Waals surface area contributed by atoms with E-state index in [-0.39, 0.29) is 0 Å². The molecule has 0 bridgehead atoms. The summed E-state index contributed by atoms with van der Waals surface area (Å²) in [7, 11) is 1.80. The Hall–Kier alpha value is -1.73. The molecule has 1 fully saturated rings. The molecule has 0 aliphatic heterocycles. The summed E-state index contributed by atoms with van der Waals surface area (Å²) in [5.74, 6) is 1.93. The van der Waals surface area contributed by atoms with Crippen LogP contribution in [-0.4, -0.2) is 47.1 Å². The monoisotopic (exact) mass is 434 g/mol. The standard InChI is InChI=1S/C21H31ClN6S/c1-23-20(25-15-13-16-8-3-6-11-18(16)22)24-14-7-12-19-26-27-21(29-2)28(19)17-9-4-5-10-17/h3,6,8,11,17H,4-5,7,9-10,12-15H2,1-2H3,(H2,23,24,25). The molecule has 1 aliphatic rings. The number of hydrogen-bond donors (Lipinski definition) is 2. The normalized spacial score (nSPS) is 15.1. The van der Waals surface area contributed by atoms with Gasteiger partial charge in [0.25, 0.3) is 0 Å². The van der Waals surface area contributed by atoms with Crippen LogP contribution in [0.4, 0.5) is 0 Å². The smallest absolute Gasteiger partial charge is 0.191 e. The number of thioether (sulfide) groups is 1. The molecule has 29 heavy (non-hydrogen) atoms. The van der Waals surface area contributed by atoms with Crippen LogP contribution < -0.4 is 10.6 Å². The molecule has 0 radical (unpaired) electrons. The Morgan fingerprint density at radius 1 is 1.17 bits per heavy atom. The number of aromatic nitrogens is 3. The number of nitrogens with one attached hydrogen (secondary N) is 2. The molecule has 1 aliphatic carbocycles. The molecule has 158 valence electrons. The maximum Gasteiger partial charge on any atom is 0.191 e. The Morgan fingerprint density at radius 2 is 1.93 bits per heavy atom. The van der Waals surface area contributed by atoms with Crippen molar-refractivity contribution in [3.05, 3.63) is 40.7 Å². The van der Waals surface area contributed by atoms with E-state index in [1.54, 1.807) is 18.8 Å². The molecular formula is C21H31ClN6S. The minimum absolute atomic E-state index is 0.578. The number of benzene rings is 1. The van der Waals surface area contributed by atoms with Crippen molar-refractivity contribution in [2.24, 2.45) is 4.99 Å². The second kappa shape index (κ2) is 11.5. The Morgan fingerprint density at radius 3 is 2.66 bits per heavy atom. The van der Waals surface area contributed by atoms with Gasteiger partial charge in [-0.05, 0) is 43.6 Å². The van der Waals surface area contributed by atoms with Crippen LogP contribution in [-0.2, 0) is 12.8 Å². The van der Waals surface area contributed by atoms with E-state index in [0.717, 1.165) is 59.9 Å². The SMILES string of the molecule is CN=C(NCCCc1nnc(SC)n1C1CCCC1)NCCc1ccccc1Cl. The van der Waals surface area contributed by atoms with Crippen molar-refractivity contribution in [1.29, 1.82) is 0 Å². The fourth-order valence-electron chi connectivity index (χ4n) is 3.84. The molecule has 1 aromatic heterocycles. The zero-order chi connectivity index (χ0) is 20.5. The van der Waals surface area contributed by atoms with E-state index >= 15 is 0 Å². The molecule has 1 saturated carbocycles. The largest absolute Gasteiger partial charge is 0.356 e. The van der Waals surface area contributed by atoms with Gasteiger partial charge in [-0.1, -0.05) is 54.4 Å². The van der Waals surface area contributed by atoms with Crippen LogP contribution in [0.15, 0.2) is 34.4 Å². The van der Waals surface area contributed by atoms with Crippen molar-refractivity contribution in [2.75, 3.05) is 26.4 Å². The van der Waals surface area contributed by atoms with Crippen molar-refractivity contribution in [3.63, 3.8) is 0 Å². The topological polar surface area (TPSA) is 67.1 Å². The van der Waals surface area contributed by atoms with Gasteiger partial charge in [0.2, 0.25) is 0 Å². The molecule has 8 heteroatoms. The van der Waals surface area contributed by atoms with Crippen LogP contribution in [0, 0.1) is 0 Å². The van der Waals surface area contributed by atoms with Crippen molar-refractivity contribution in [1.82, 2.24) is 25.4 Å². The summed E-state index contributed by atoms with van der Waals surface area (Å²) in [4.78, 5) is 4.31. The number of rotatable bonds is 9. The van der Waals surface area contributed by atoms with E-state index in [1.165, 1.54) is 25.7 Å². The van der Waals surface area contributed by atoms with Gasteiger partial charge < -0.3 is 15.2 Å². The van der Waals surface area contributed by atoms with Gasteiger partial charge in [-0.3, -0.25) is 4.99 Å². The van der Waals surface area contributed by atoms with Crippen LogP contribution in [0.25, 0.3) is 0 Å². The van der Waals surface area contributed by atoms with Crippen LogP contribution in [0.2, 0.25) is 5.02 Å². The number of guanidine groups is 1. The van der Waals surface area contributed by atoms with Gasteiger partial charge in [0.1, 0.15) is 5.82 Å². The first-order valence-corrected chi connectivity index (χ1v) is 12.0. The number of aliphatic imine (C=N–C) groups is 1.